The summed E-state index contributed by atoms with van der Waals surface area (Å²) in [5.41, 5.74) is 0.973. The largest absolute Gasteiger partial charge is 0.507 e. The van der Waals surface area contributed by atoms with Crippen molar-refractivity contribution in [1.82, 2.24) is 4.98 Å². The van der Waals surface area contributed by atoms with E-state index in [0.717, 1.165) is 11.3 Å². The van der Waals surface area contributed by atoms with Gasteiger partial charge in [0.1, 0.15) is 36.2 Å². The van der Waals surface area contributed by atoms with E-state index in [9.17, 15) is 19.5 Å². The van der Waals surface area contributed by atoms with Crippen LogP contribution in [-0.2, 0) is 14.3 Å². The van der Waals surface area contributed by atoms with Crippen molar-refractivity contribution < 1.29 is 38.4 Å². The van der Waals surface area contributed by atoms with Crippen molar-refractivity contribution in [3.63, 3.8) is 0 Å². The van der Waals surface area contributed by atoms with Gasteiger partial charge in [0, 0.05) is 5.56 Å². The minimum atomic E-state index is -1.07. The molecule has 5 rings (SSSR count). The molecule has 11 heteroatoms. The Bertz CT molecular complexity index is 1540. The number of nitrogens with zero attached hydrogens (tertiary/aromatic N) is 2. The van der Waals surface area contributed by atoms with E-state index >= 15 is 0 Å². The summed E-state index contributed by atoms with van der Waals surface area (Å²) in [6.45, 7) is 8.12. The maximum Gasteiger partial charge on any atom is 0.350 e. The molecule has 3 heterocycles. The van der Waals surface area contributed by atoms with Gasteiger partial charge in [-0.3, -0.25) is 14.5 Å². The monoisotopic (exact) mass is 562 g/mol. The molecule has 0 bridgehead atoms. The predicted molar refractivity (Wildman–Crippen MR) is 147 cm³/mol. The second kappa shape index (κ2) is 11.2. The molecule has 10 nitrogen and oxygen atoms in total. The molecule has 3 aromatic rings. The molecule has 2 aromatic carbocycles. The standard InChI is InChI=1S/C29H26N2O8S/c1-4-11-37-19-8-6-7-17(14-19)23-22(24(32)18-9-10-20-21(15-18)39-13-12-38-20)25(33)27(34)31(23)29-30-16(3)26(40-29)28(35)36-5-2/h4,6-10,14-15,23,32H,1,5,11-13H2,2-3H3/t23-/m1/s1. The fourth-order valence-electron chi connectivity index (χ4n) is 4.49. The molecule has 1 aromatic heterocycles. The molecule has 2 aliphatic rings. The fraction of sp³-hybridized carbons (Fsp3) is 0.241. The number of hydrogen-bond donors (Lipinski definition) is 1. The van der Waals surface area contributed by atoms with Gasteiger partial charge < -0.3 is 24.1 Å². The lowest BCUT2D eigenvalue weighted by molar-refractivity contribution is -0.132. The van der Waals surface area contributed by atoms with Crippen LogP contribution in [0.3, 0.4) is 0 Å². The van der Waals surface area contributed by atoms with Crippen LogP contribution in [-0.4, -0.2) is 54.2 Å². The summed E-state index contributed by atoms with van der Waals surface area (Å²) in [6.07, 6.45) is 1.59. The van der Waals surface area contributed by atoms with Gasteiger partial charge in [0.15, 0.2) is 16.6 Å². The molecule has 0 spiro atoms. The van der Waals surface area contributed by atoms with Crippen molar-refractivity contribution in [3.05, 3.63) is 82.4 Å². The average molecular weight is 563 g/mol. The first kappa shape index (κ1) is 26.9. The Morgan fingerprint density at radius 2 is 1.98 bits per heavy atom. The number of aryl methyl sites for hydroxylation is 1. The number of aliphatic hydroxyl groups is 1. The molecule has 1 N–H and O–H groups in total. The number of carbonyl (C=O) groups is 3. The van der Waals surface area contributed by atoms with Crippen LogP contribution in [0.5, 0.6) is 17.2 Å². The highest BCUT2D eigenvalue weighted by molar-refractivity contribution is 7.17. The Hall–Kier alpha value is -4.64. The Kier molecular flexibility index (Phi) is 7.56. The summed E-state index contributed by atoms with van der Waals surface area (Å²) in [4.78, 5) is 45.4. The van der Waals surface area contributed by atoms with Gasteiger partial charge in [-0.1, -0.05) is 36.1 Å². The quantitative estimate of drug-likeness (QED) is 0.138. The van der Waals surface area contributed by atoms with Crippen molar-refractivity contribution in [1.29, 1.82) is 0 Å². The summed E-state index contributed by atoms with van der Waals surface area (Å²) in [5.74, 6) is -1.37. The predicted octanol–water partition coefficient (Wildman–Crippen LogP) is 4.59. The number of hydrogen-bond acceptors (Lipinski definition) is 10. The second-order valence-electron chi connectivity index (χ2n) is 8.83. The second-order valence-corrected chi connectivity index (χ2v) is 9.81. The number of aromatic nitrogens is 1. The van der Waals surface area contributed by atoms with Crippen molar-refractivity contribution in [2.24, 2.45) is 0 Å². The summed E-state index contributed by atoms with van der Waals surface area (Å²) in [5, 5.41) is 11.6. The van der Waals surface area contributed by atoms with Crippen molar-refractivity contribution in [2.75, 3.05) is 31.3 Å². The molecule has 2 aliphatic heterocycles. The van der Waals surface area contributed by atoms with E-state index in [1.165, 1.54) is 4.90 Å². The van der Waals surface area contributed by atoms with Gasteiger partial charge in [-0.05, 0) is 49.7 Å². The Balaban J connectivity index is 1.67. The van der Waals surface area contributed by atoms with E-state index in [-0.39, 0.29) is 40.1 Å². The Labute approximate surface area is 234 Å². The molecule has 40 heavy (non-hydrogen) atoms. The zero-order valence-corrected chi connectivity index (χ0v) is 22.7. The zero-order valence-electron chi connectivity index (χ0n) is 21.8. The SMILES string of the molecule is C=CCOc1cccc([C@@H]2C(=C(O)c3ccc4c(c3)OCCO4)C(=O)C(=O)N2c2nc(C)c(C(=O)OCC)s2)c1. The van der Waals surface area contributed by atoms with Gasteiger partial charge in [0.25, 0.3) is 5.78 Å². The van der Waals surface area contributed by atoms with Crippen LogP contribution in [0.1, 0.15) is 39.5 Å². The number of benzene rings is 2. The number of rotatable bonds is 8. The van der Waals surface area contributed by atoms with Gasteiger partial charge in [0.2, 0.25) is 0 Å². The lowest BCUT2D eigenvalue weighted by Crippen LogP contribution is -2.29. The van der Waals surface area contributed by atoms with Gasteiger partial charge >= 0.3 is 11.9 Å². The first-order chi connectivity index (χ1) is 19.3. The number of thiazole rings is 1. The van der Waals surface area contributed by atoms with Crippen LogP contribution < -0.4 is 19.1 Å². The highest BCUT2D eigenvalue weighted by atomic mass is 32.1. The first-order valence-electron chi connectivity index (χ1n) is 12.5. The Morgan fingerprint density at radius 1 is 1.20 bits per heavy atom. The molecule has 1 amide bonds. The number of anilines is 1. The number of aliphatic hydroxyl groups excluding tert-OH is 1. The third-order valence-electron chi connectivity index (χ3n) is 6.25. The third kappa shape index (κ3) is 4.91. The lowest BCUT2D eigenvalue weighted by atomic mass is 9.95. The van der Waals surface area contributed by atoms with Crippen LogP contribution in [0, 0.1) is 6.92 Å². The highest BCUT2D eigenvalue weighted by Crippen LogP contribution is 2.45. The van der Waals surface area contributed by atoms with Crippen LogP contribution >= 0.6 is 11.3 Å². The van der Waals surface area contributed by atoms with E-state index in [2.05, 4.69) is 11.6 Å². The van der Waals surface area contributed by atoms with E-state index in [1.807, 2.05) is 0 Å². The molecular weight excluding hydrogens is 536 g/mol. The average Bonchev–Trinajstić information content (AvgIpc) is 3.47. The van der Waals surface area contributed by atoms with Gasteiger partial charge in [-0.2, -0.15) is 0 Å². The summed E-state index contributed by atoms with van der Waals surface area (Å²) in [6, 6.07) is 10.6. The normalized spacial score (nSPS) is 17.6. The number of ether oxygens (including phenoxy) is 4. The van der Waals surface area contributed by atoms with Crippen LogP contribution in [0.2, 0.25) is 0 Å². The molecule has 0 radical (unpaired) electrons. The third-order valence-corrected chi connectivity index (χ3v) is 7.39. The van der Waals surface area contributed by atoms with Crippen LogP contribution in [0.25, 0.3) is 5.76 Å². The molecular formula is C29H26N2O8S. The van der Waals surface area contributed by atoms with E-state index < -0.39 is 23.7 Å². The maximum absolute atomic E-state index is 13.5. The molecule has 1 saturated heterocycles. The van der Waals surface area contributed by atoms with Crippen molar-refractivity contribution in [2.45, 2.75) is 19.9 Å². The van der Waals surface area contributed by atoms with E-state index in [1.54, 1.807) is 62.4 Å². The topological polar surface area (TPSA) is 124 Å². The maximum atomic E-state index is 13.5. The van der Waals surface area contributed by atoms with Crippen molar-refractivity contribution >= 4 is 39.9 Å². The zero-order chi connectivity index (χ0) is 28.4. The molecule has 206 valence electrons. The molecule has 0 aliphatic carbocycles. The summed E-state index contributed by atoms with van der Waals surface area (Å²) < 4.78 is 22.0. The minimum Gasteiger partial charge on any atom is -0.507 e. The van der Waals surface area contributed by atoms with Gasteiger partial charge in [-0.15, -0.1) is 0 Å². The number of esters is 1. The fourth-order valence-corrected chi connectivity index (χ4v) is 5.48. The molecule has 0 saturated carbocycles. The highest BCUT2D eigenvalue weighted by Gasteiger charge is 2.48. The minimum absolute atomic E-state index is 0.117. The van der Waals surface area contributed by atoms with Gasteiger partial charge in [-0.25, -0.2) is 9.78 Å². The van der Waals surface area contributed by atoms with Crippen LogP contribution in [0.15, 0.2) is 60.7 Å². The first-order valence-corrected chi connectivity index (χ1v) is 13.3. The van der Waals surface area contributed by atoms with Gasteiger partial charge in [0.05, 0.1) is 23.9 Å². The van der Waals surface area contributed by atoms with E-state index in [0.29, 0.717) is 41.7 Å². The smallest absolute Gasteiger partial charge is 0.350 e. The number of ketones is 1. The number of fused-ring (bicyclic) bond motifs is 1. The number of carbonyl (C=O) groups excluding carboxylic acids is 3. The molecule has 1 fully saturated rings. The number of Topliss-reactive ketones (excluding diaryl/α,β-unsaturated/α-hetero) is 1. The van der Waals surface area contributed by atoms with Crippen molar-refractivity contribution in [3.8, 4) is 17.2 Å². The summed E-state index contributed by atoms with van der Waals surface area (Å²) in [7, 11) is 0. The Morgan fingerprint density at radius 3 is 2.73 bits per heavy atom. The van der Waals surface area contributed by atoms with Crippen LogP contribution in [0.4, 0.5) is 5.13 Å². The summed E-state index contributed by atoms with van der Waals surface area (Å²) >= 11 is 0.937. The number of amides is 1. The van der Waals surface area contributed by atoms with E-state index in [4.69, 9.17) is 18.9 Å². The molecule has 1 atom stereocenters. The lowest BCUT2D eigenvalue weighted by Gasteiger charge is -2.23. The molecule has 0 unspecified atom stereocenters.